The van der Waals surface area contributed by atoms with Gasteiger partial charge in [0.25, 0.3) is 0 Å². The van der Waals surface area contributed by atoms with Gasteiger partial charge in [-0.05, 0) is 28.7 Å². The minimum Gasteiger partial charge on any atom is -0.403 e. The van der Waals surface area contributed by atoms with Gasteiger partial charge in [-0.1, -0.05) is 15.9 Å². The maximum absolute atomic E-state index is 12.1. The van der Waals surface area contributed by atoms with Crippen LogP contribution in [-0.2, 0) is 5.33 Å². The fraction of sp³-hybridized carbons (Fsp3) is 0.250. The largest absolute Gasteiger partial charge is 0.573 e. The molecular formula is C8H4BrF3INO2. The molecule has 0 saturated carbocycles. The fourth-order valence-corrected chi connectivity index (χ4v) is 2.04. The fourth-order valence-electron chi connectivity index (χ4n) is 0.985. The highest BCUT2D eigenvalue weighted by Gasteiger charge is 2.33. The van der Waals surface area contributed by atoms with Crippen LogP contribution in [-0.4, -0.2) is 17.6 Å². The Hall–Kier alpha value is -0.380. The van der Waals surface area contributed by atoms with Gasteiger partial charge in [-0.3, -0.25) is 4.79 Å². The molecule has 0 spiro atoms. The Labute approximate surface area is 111 Å². The standard InChI is InChI=1S/C8H4BrF3INO2/c9-2-4-1-6(13)14-5(3-15)7(4)16-8(10,11)12/h1,3H,2H2. The van der Waals surface area contributed by atoms with E-state index in [9.17, 15) is 18.0 Å². The van der Waals surface area contributed by atoms with Crippen molar-refractivity contribution >= 4 is 44.8 Å². The smallest absolute Gasteiger partial charge is 0.403 e. The molecule has 0 aliphatic carbocycles. The lowest BCUT2D eigenvalue weighted by molar-refractivity contribution is -0.275. The third kappa shape index (κ3) is 3.58. The second-order valence-electron chi connectivity index (χ2n) is 2.62. The molecule has 88 valence electrons. The predicted molar refractivity (Wildman–Crippen MR) is 61.7 cm³/mol. The lowest BCUT2D eigenvalue weighted by Crippen LogP contribution is -2.19. The zero-order valence-electron chi connectivity index (χ0n) is 7.52. The Kier molecular flexibility index (Phi) is 4.53. The van der Waals surface area contributed by atoms with Crippen molar-refractivity contribution in [2.75, 3.05) is 0 Å². The van der Waals surface area contributed by atoms with Crippen molar-refractivity contribution in [1.29, 1.82) is 0 Å². The molecule has 1 aromatic rings. The Morgan fingerprint density at radius 3 is 2.62 bits per heavy atom. The summed E-state index contributed by atoms with van der Waals surface area (Å²) in [6.45, 7) is 0. The molecule has 8 heteroatoms. The summed E-state index contributed by atoms with van der Waals surface area (Å²) >= 11 is 4.82. The number of aldehydes is 1. The number of hydrogen-bond acceptors (Lipinski definition) is 3. The van der Waals surface area contributed by atoms with Crippen molar-refractivity contribution in [3.8, 4) is 5.75 Å². The molecule has 0 aromatic carbocycles. The highest BCUT2D eigenvalue weighted by atomic mass is 127. The van der Waals surface area contributed by atoms with Crippen molar-refractivity contribution in [2.45, 2.75) is 11.7 Å². The second kappa shape index (κ2) is 5.30. The van der Waals surface area contributed by atoms with Crippen LogP contribution in [0.1, 0.15) is 16.1 Å². The number of ether oxygens (including phenoxy) is 1. The van der Waals surface area contributed by atoms with Crippen molar-refractivity contribution in [1.82, 2.24) is 4.98 Å². The van der Waals surface area contributed by atoms with Gasteiger partial charge in [0.05, 0.1) is 0 Å². The maximum atomic E-state index is 12.1. The van der Waals surface area contributed by atoms with E-state index < -0.39 is 12.1 Å². The zero-order valence-corrected chi connectivity index (χ0v) is 11.3. The summed E-state index contributed by atoms with van der Waals surface area (Å²) in [5, 5.41) is 0.137. The summed E-state index contributed by atoms with van der Waals surface area (Å²) in [5.41, 5.74) is -0.141. The molecule has 3 nitrogen and oxygen atoms in total. The molecule has 0 saturated heterocycles. The minimum absolute atomic E-state index is 0.137. The topological polar surface area (TPSA) is 39.2 Å². The van der Waals surface area contributed by atoms with Gasteiger partial charge >= 0.3 is 6.36 Å². The van der Waals surface area contributed by atoms with Gasteiger partial charge in [0, 0.05) is 10.9 Å². The molecule has 0 atom stereocenters. The average molecular weight is 410 g/mol. The van der Waals surface area contributed by atoms with Gasteiger partial charge in [-0.2, -0.15) is 0 Å². The molecule has 0 unspecified atom stereocenters. The predicted octanol–water partition coefficient (Wildman–Crippen LogP) is 3.29. The molecule has 1 aromatic heterocycles. The molecule has 0 aliphatic rings. The SMILES string of the molecule is O=Cc1nc(I)cc(CBr)c1OC(F)(F)F. The molecule has 0 N–H and O–H groups in total. The van der Waals surface area contributed by atoms with Gasteiger partial charge in [0.2, 0.25) is 0 Å². The van der Waals surface area contributed by atoms with E-state index >= 15 is 0 Å². The van der Waals surface area contributed by atoms with E-state index in [-0.39, 0.29) is 22.9 Å². The highest BCUT2D eigenvalue weighted by Crippen LogP contribution is 2.30. The summed E-state index contributed by atoms with van der Waals surface area (Å²) in [5.74, 6) is -0.556. The Bertz CT molecular complexity index is 411. The second-order valence-corrected chi connectivity index (χ2v) is 4.28. The number of rotatable bonds is 3. The highest BCUT2D eigenvalue weighted by molar-refractivity contribution is 14.1. The van der Waals surface area contributed by atoms with E-state index in [2.05, 4.69) is 25.7 Å². The first-order valence-electron chi connectivity index (χ1n) is 3.83. The zero-order chi connectivity index (χ0) is 12.3. The van der Waals surface area contributed by atoms with Gasteiger partial charge in [-0.25, -0.2) is 4.98 Å². The molecule has 0 aliphatic heterocycles. The van der Waals surface area contributed by atoms with Crippen LogP contribution < -0.4 is 4.74 Å². The van der Waals surface area contributed by atoms with Crippen LogP contribution >= 0.6 is 38.5 Å². The molecule has 16 heavy (non-hydrogen) atoms. The first-order valence-corrected chi connectivity index (χ1v) is 6.03. The summed E-state index contributed by atoms with van der Waals surface area (Å²) in [4.78, 5) is 14.3. The Morgan fingerprint density at radius 2 is 2.19 bits per heavy atom. The number of carbonyl (C=O) groups excluding carboxylic acids is 1. The molecule has 0 amide bonds. The third-order valence-electron chi connectivity index (χ3n) is 1.52. The van der Waals surface area contributed by atoms with Crippen molar-refractivity contribution in [2.24, 2.45) is 0 Å². The van der Waals surface area contributed by atoms with Crippen LogP contribution in [0.3, 0.4) is 0 Å². The van der Waals surface area contributed by atoms with Crippen molar-refractivity contribution in [3.05, 3.63) is 21.0 Å². The summed E-state index contributed by atoms with van der Waals surface area (Å²) in [7, 11) is 0. The van der Waals surface area contributed by atoms with E-state index in [0.29, 0.717) is 3.70 Å². The molecule has 0 fully saturated rings. The number of nitrogens with zero attached hydrogens (tertiary/aromatic N) is 1. The molecule has 1 rings (SSSR count). The van der Waals surface area contributed by atoms with Gasteiger partial charge in [0.1, 0.15) is 9.39 Å². The quantitative estimate of drug-likeness (QED) is 0.333. The van der Waals surface area contributed by atoms with Gasteiger partial charge in [-0.15, -0.1) is 13.2 Å². The van der Waals surface area contributed by atoms with Crippen LogP contribution in [0.5, 0.6) is 5.75 Å². The molecule has 1 heterocycles. The number of pyridine rings is 1. The molecule has 0 radical (unpaired) electrons. The monoisotopic (exact) mass is 409 g/mol. The normalized spacial score (nSPS) is 11.3. The number of aromatic nitrogens is 1. The molecular weight excluding hydrogens is 406 g/mol. The number of hydrogen-bond donors (Lipinski definition) is 0. The van der Waals surface area contributed by atoms with E-state index in [0.717, 1.165) is 0 Å². The first kappa shape index (κ1) is 13.7. The summed E-state index contributed by atoms with van der Waals surface area (Å²) < 4.78 is 40.5. The minimum atomic E-state index is -4.84. The Balaban J connectivity index is 3.27. The van der Waals surface area contributed by atoms with E-state index in [1.54, 1.807) is 22.6 Å². The lowest BCUT2D eigenvalue weighted by Gasteiger charge is -2.13. The summed E-state index contributed by atoms with van der Waals surface area (Å²) in [6.07, 6.45) is -4.61. The Morgan fingerprint density at radius 1 is 1.56 bits per heavy atom. The maximum Gasteiger partial charge on any atom is 0.573 e. The van der Waals surface area contributed by atoms with Crippen molar-refractivity contribution in [3.63, 3.8) is 0 Å². The first-order chi connectivity index (χ1) is 7.37. The van der Waals surface area contributed by atoms with E-state index in [1.165, 1.54) is 6.07 Å². The van der Waals surface area contributed by atoms with Crippen LogP contribution in [0.4, 0.5) is 13.2 Å². The summed E-state index contributed by atoms with van der Waals surface area (Å²) in [6, 6.07) is 1.41. The number of carbonyl (C=O) groups is 1. The van der Waals surface area contributed by atoms with E-state index in [4.69, 9.17) is 0 Å². The van der Waals surface area contributed by atoms with E-state index in [1.807, 2.05) is 0 Å². The van der Waals surface area contributed by atoms with Crippen LogP contribution in [0.15, 0.2) is 6.07 Å². The third-order valence-corrected chi connectivity index (χ3v) is 2.68. The number of halogens is 5. The van der Waals surface area contributed by atoms with Gasteiger partial charge < -0.3 is 4.74 Å². The van der Waals surface area contributed by atoms with Crippen LogP contribution in [0.2, 0.25) is 0 Å². The molecule has 0 bridgehead atoms. The lowest BCUT2D eigenvalue weighted by atomic mass is 10.2. The van der Waals surface area contributed by atoms with Crippen LogP contribution in [0, 0.1) is 3.70 Å². The van der Waals surface area contributed by atoms with Gasteiger partial charge in [0.15, 0.2) is 12.0 Å². The number of alkyl halides is 4. The average Bonchev–Trinajstić information content (AvgIpc) is 2.18. The van der Waals surface area contributed by atoms with Crippen LogP contribution in [0.25, 0.3) is 0 Å². The van der Waals surface area contributed by atoms with Crippen molar-refractivity contribution < 1.29 is 22.7 Å².